The second-order valence-electron chi connectivity index (χ2n) is 0. The fourth-order valence-corrected chi connectivity index (χ4v) is 0. The van der Waals surface area contributed by atoms with Crippen molar-refractivity contribution in [1.29, 1.82) is 0 Å². The minimum absolute atomic E-state index is 0. The minimum atomic E-state index is 0. The monoisotopic (exact) mass is 102 g/mol. The third-order valence-electron chi connectivity index (χ3n) is 0. The van der Waals surface area contributed by atoms with Crippen LogP contribution in [0.15, 0.2) is 0 Å². The molecule has 0 radical (unpaired) electrons. The van der Waals surface area contributed by atoms with Crippen molar-refractivity contribution in [2.24, 2.45) is 0 Å². The maximum Gasteiger partial charge on any atom is 1.00 e. The molecular weight excluding hydrogens is 102 g/mol. The summed E-state index contributed by atoms with van der Waals surface area (Å²) in [5, 5.41) is 0. The third-order valence-corrected chi connectivity index (χ3v) is 0. The second-order valence-corrected chi connectivity index (χ2v) is 0. The van der Waals surface area contributed by atoms with Gasteiger partial charge in [-0.25, -0.2) is 0 Å². The zero-order valence-corrected chi connectivity index (χ0v) is 7.47. The second kappa shape index (κ2) is 16.3. The molecule has 0 unspecified atom stereocenters. The van der Waals surface area contributed by atoms with Crippen LogP contribution >= 0.6 is 0 Å². The fourth-order valence-electron chi connectivity index (χ4n) is 0. The van der Waals surface area contributed by atoms with E-state index in [-0.39, 0.29) is 102 Å². The van der Waals surface area contributed by atoms with Crippen LogP contribution in [0.1, 0.15) is 0 Å². The quantitative estimate of drug-likeness (QED) is 0.272. The molecule has 4 heavy (non-hydrogen) atoms. The molecular formula is ArNa2O. The fraction of sp³-hybridized carbons (Fsp3) is 0. The molecule has 0 fully saturated rings. The molecule has 0 heterocycles. The topological polar surface area (TPSA) is 28.5 Å². The Balaban J connectivity index is 0. The van der Waals surface area contributed by atoms with Gasteiger partial charge in [-0.15, -0.1) is 0 Å². The molecule has 0 aliphatic rings. The van der Waals surface area contributed by atoms with Crippen LogP contribution in [0.5, 0.6) is 0 Å². The van der Waals surface area contributed by atoms with Crippen molar-refractivity contribution < 1.29 is 102 Å². The Hall–Kier alpha value is 3.22. The van der Waals surface area contributed by atoms with Gasteiger partial charge in [0.15, 0.2) is 0 Å². The van der Waals surface area contributed by atoms with Gasteiger partial charge in [0.25, 0.3) is 0 Å². The normalized spacial score (nSPS) is 0. The van der Waals surface area contributed by atoms with E-state index >= 15 is 0 Å². The molecule has 0 bridgehead atoms. The van der Waals surface area contributed by atoms with E-state index in [1.807, 2.05) is 0 Å². The molecule has 0 aliphatic carbocycles. The maximum atomic E-state index is 0. The summed E-state index contributed by atoms with van der Waals surface area (Å²) in [7, 11) is 0. The van der Waals surface area contributed by atoms with E-state index in [0.717, 1.165) is 0 Å². The largest absolute Gasteiger partial charge is 2.00 e. The maximum absolute atomic E-state index is 0. The Bertz CT molecular complexity index is 6.00. The van der Waals surface area contributed by atoms with E-state index in [9.17, 15) is 0 Å². The predicted octanol–water partition coefficient (Wildman–Crippen LogP) is -6.11. The van der Waals surface area contributed by atoms with Crippen molar-refractivity contribution in [1.82, 2.24) is 0 Å². The first kappa shape index (κ1) is 26.9. The van der Waals surface area contributed by atoms with Crippen LogP contribution in [0.4, 0.5) is 0 Å². The van der Waals surface area contributed by atoms with E-state index in [1.54, 1.807) is 0 Å². The molecule has 0 amide bonds. The predicted molar refractivity (Wildman–Crippen MR) is 0.686 cm³/mol. The molecule has 1 nitrogen and oxygen atoms in total. The zero-order chi connectivity index (χ0) is 0. The van der Waals surface area contributed by atoms with Crippen molar-refractivity contribution >= 4 is 0 Å². The molecule has 0 aromatic carbocycles. The van der Waals surface area contributed by atoms with Gasteiger partial charge in [0.05, 0.1) is 0 Å². The SMILES string of the molecule is [Ar].[Na+].[Na+].[O-2]. The summed E-state index contributed by atoms with van der Waals surface area (Å²) >= 11 is 0. The minimum Gasteiger partial charge on any atom is -2.00 e. The third kappa shape index (κ3) is 8.97. The smallest absolute Gasteiger partial charge is 1.00 e. The van der Waals surface area contributed by atoms with Crippen molar-refractivity contribution in [2.45, 2.75) is 0 Å². The summed E-state index contributed by atoms with van der Waals surface area (Å²) in [6, 6.07) is 0. The summed E-state index contributed by atoms with van der Waals surface area (Å²) < 4.78 is 0. The van der Waals surface area contributed by atoms with E-state index in [0.29, 0.717) is 0 Å². The summed E-state index contributed by atoms with van der Waals surface area (Å²) in [5.41, 5.74) is 0. The summed E-state index contributed by atoms with van der Waals surface area (Å²) in [5.74, 6) is 0. The summed E-state index contributed by atoms with van der Waals surface area (Å²) in [4.78, 5) is 0. The van der Waals surface area contributed by atoms with Crippen molar-refractivity contribution in [3.05, 3.63) is 0 Å². The molecule has 0 saturated carbocycles. The van der Waals surface area contributed by atoms with Gasteiger partial charge in [0.2, 0.25) is 0 Å². The van der Waals surface area contributed by atoms with Crippen LogP contribution in [0.3, 0.4) is 0 Å². The Kier molecular flexibility index (Phi) is 110. The number of hydrogen-bond donors (Lipinski definition) is 0. The molecule has 0 N–H and O–H groups in total. The Morgan fingerprint density at radius 3 is 0.750 bits per heavy atom. The van der Waals surface area contributed by atoms with Crippen LogP contribution in [-0.4, -0.2) is 0 Å². The van der Waals surface area contributed by atoms with E-state index in [2.05, 4.69) is 0 Å². The van der Waals surface area contributed by atoms with Gasteiger partial charge in [-0.3, -0.25) is 0 Å². The Morgan fingerprint density at radius 1 is 0.750 bits per heavy atom. The van der Waals surface area contributed by atoms with Gasteiger partial charge in [0.1, 0.15) is 0 Å². The molecule has 0 atom stereocenters. The van der Waals surface area contributed by atoms with Crippen LogP contribution in [0.2, 0.25) is 0 Å². The van der Waals surface area contributed by atoms with E-state index in [1.165, 1.54) is 0 Å². The number of hydrogen-bond acceptors (Lipinski definition) is 0. The summed E-state index contributed by atoms with van der Waals surface area (Å²) in [6.07, 6.45) is 0. The molecule has 0 aromatic heterocycles. The van der Waals surface area contributed by atoms with Gasteiger partial charge < -0.3 is 5.48 Å². The molecule has 0 aromatic rings. The molecule has 0 rings (SSSR count). The number of rotatable bonds is 0. The van der Waals surface area contributed by atoms with Gasteiger partial charge in [-0.05, 0) is 0 Å². The molecule has 0 spiro atoms. The average Bonchev–Trinajstić information content (AvgIpc) is 0. The van der Waals surface area contributed by atoms with Crippen molar-refractivity contribution in [3.8, 4) is 0 Å². The average molecular weight is 102 g/mol. The van der Waals surface area contributed by atoms with Crippen LogP contribution < -0.4 is 59.1 Å². The summed E-state index contributed by atoms with van der Waals surface area (Å²) in [6.45, 7) is 0. The van der Waals surface area contributed by atoms with Crippen molar-refractivity contribution in [2.75, 3.05) is 0 Å². The first-order chi connectivity index (χ1) is 0. The van der Waals surface area contributed by atoms with Crippen LogP contribution in [-0.2, 0) is 5.48 Å². The van der Waals surface area contributed by atoms with Gasteiger partial charge in [-0.1, -0.05) is 0 Å². The van der Waals surface area contributed by atoms with Crippen molar-refractivity contribution in [3.63, 3.8) is 0 Å². The Labute approximate surface area is 99.8 Å². The molecule has 0 aliphatic heterocycles. The molecule has 4 heteroatoms. The molecule has 16 valence electrons. The van der Waals surface area contributed by atoms with E-state index in [4.69, 9.17) is 0 Å². The Morgan fingerprint density at radius 2 is 0.750 bits per heavy atom. The molecule has 0 saturated heterocycles. The first-order valence-electron chi connectivity index (χ1n) is 0. The zero-order valence-electron chi connectivity index (χ0n) is 2.76. The van der Waals surface area contributed by atoms with Gasteiger partial charge >= 0.3 is 59.1 Å². The van der Waals surface area contributed by atoms with Gasteiger partial charge in [-0.2, -0.15) is 0 Å². The standard InChI is InChI=1S/Ar.2Na.O/q;2*+1;-2. The van der Waals surface area contributed by atoms with E-state index < -0.39 is 0 Å². The van der Waals surface area contributed by atoms with Crippen LogP contribution in [0.25, 0.3) is 0 Å². The van der Waals surface area contributed by atoms with Crippen LogP contribution in [0, 0.1) is 37.7 Å². The van der Waals surface area contributed by atoms with Gasteiger partial charge in [0, 0.05) is 37.7 Å². The first-order valence-corrected chi connectivity index (χ1v) is 0.